The summed E-state index contributed by atoms with van der Waals surface area (Å²) in [5.41, 5.74) is 18.2. The molecule has 1 aromatic rings. The summed E-state index contributed by atoms with van der Waals surface area (Å²) in [5, 5.41) is 19.9. The number of aliphatic hydroxyl groups excluding tert-OH is 1. The summed E-state index contributed by atoms with van der Waals surface area (Å²) in [7, 11) is 0. The van der Waals surface area contributed by atoms with Crippen molar-refractivity contribution in [2.24, 2.45) is 35.0 Å². The molecule has 1 aliphatic heterocycles. The standard InChI is InChI=1S/C22H36N4O4.C4H9NO/c1-14(2)16(21(29)30)9-19(27)17(24)11-25-12-20(28)26(13-22(25,3)4)18-8-6-5-7-15(18)10-23;1-3(2)4(5)6/h5-8,14,16-17,19,27H,9-13,23-24H2,1-4H3,(H,29,30);3H,1-2H3,(H2,5,6). The number of benzene rings is 1. The molecule has 0 aliphatic carbocycles. The molecule has 1 aliphatic rings. The van der Waals surface area contributed by atoms with Gasteiger partial charge in [0.15, 0.2) is 0 Å². The van der Waals surface area contributed by atoms with Crippen LogP contribution in [0.3, 0.4) is 0 Å². The van der Waals surface area contributed by atoms with Crippen molar-refractivity contribution in [1.29, 1.82) is 0 Å². The van der Waals surface area contributed by atoms with Gasteiger partial charge in [0.25, 0.3) is 0 Å². The number of carbonyl (C=O) groups excluding carboxylic acids is 2. The predicted octanol–water partition coefficient (Wildman–Crippen LogP) is 1.14. The second-order valence-corrected chi connectivity index (χ2v) is 10.7. The Balaban J connectivity index is 0.000000960. The number of aliphatic carboxylic acids is 1. The number of amides is 2. The maximum Gasteiger partial charge on any atom is 0.306 e. The lowest BCUT2D eigenvalue weighted by molar-refractivity contribution is -0.144. The Kier molecular flexibility index (Phi) is 12.0. The third kappa shape index (κ3) is 8.85. The van der Waals surface area contributed by atoms with E-state index in [4.69, 9.17) is 17.2 Å². The highest BCUT2D eigenvalue weighted by Gasteiger charge is 2.40. The van der Waals surface area contributed by atoms with Gasteiger partial charge >= 0.3 is 5.97 Å². The molecule has 1 heterocycles. The van der Waals surface area contributed by atoms with E-state index in [2.05, 4.69) is 0 Å². The van der Waals surface area contributed by atoms with Gasteiger partial charge in [0.1, 0.15) is 0 Å². The van der Waals surface area contributed by atoms with Crippen LogP contribution in [0.5, 0.6) is 0 Å². The first-order valence-corrected chi connectivity index (χ1v) is 12.4. The quantitative estimate of drug-likeness (QED) is 0.313. The fourth-order valence-electron chi connectivity index (χ4n) is 3.98. The van der Waals surface area contributed by atoms with E-state index in [9.17, 15) is 24.6 Å². The van der Waals surface area contributed by atoms with Gasteiger partial charge in [0.05, 0.1) is 18.6 Å². The first-order chi connectivity index (χ1) is 16.6. The Morgan fingerprint density at radius 3 is 2.17 bits per heavy atom. The van der Waals surface area contributed by atoms with Crippen molar-refractivity contribution in [3.63, 3.8) is 0 Å². The lowest BCUT2D eigenvalue weighted by atomic mass is 9.87. The number of hydrogen-bond acceptors (Lipinski definition) is 7. The number of para-hydroxylation sites is 1. The maximum absolute atomic E-state index is 12.9. The van der Waals surface area contributed by atoms with Crippen molar-refractivity contribution < 1.29 is 24.6 Å². The minimum atomic E-state index is -0.963. The zero-order chi connectivity index (χ0) is 27.8. The third-order valence-electron chi connectivity index (χ3n) is 6.64. The molecule has 1 saturated heterocycles. The van der Waals surface area contributed by atoms with E-state index in [-0.39, 0.29) is 42.2 Å². The van der Waals surface area contributed by atoms with Crippen LogP contribution < -0.4 is 22.1 Å². The minimum absolute atomic E-state index is 0.00926. The summed E-state index contributed by atoms with van der Waals surface area (Å²) in [5.74, 6) is -2.00. The van der Waals surface area contributed by atoms with Gasteiger partial charge < -0.3 is 32.3 Å². The van der Waals surface area contributed by atoms with Crippen LogP contribution in [0.25, 0.3) is 0 Å². The Morgan fingerprint density at radius 2 is 1.69 bits per heavy atom. The molecule has 2 rings (SSSR count). The van der Waals surface area contributed by atoms with Gasteiger partial charge in [-0.3, -0.25) is 19.3 Å². The lowest BCUT2D eigenvalue weighted by Gasteiger charge is -2.48. The highest BCUT2D eigenvalue weighted by Crippen LogP contribution is 2.29. The number of carboxylic acids is 1. The lowest BCUT2D eigenvalue weighted by Crippen LogP contribution is -2.64. The second-order valence-electron chi connectivity index (χ2n) is 10.7. The number of carboxylic acid groups (broad SMARTS) is 1. The van der Waals surface area contributed by atoms with Gasteiger partial charge in [0.2, 0.25) is 11.8 Å². The van der Waals surface area contributed by atoms with Crippen molar-refractivity contribution in [3.8, 4) is 0 Å². The molecular formula is C26H45N5O5. The summed E-state index contributed by atoms with van der Waals surface area (Å²) in [6.07, 6.45) is -0.873. The fraction of sp³-hybridized carbons (Fsp3) is 0.654. The Hall–Kier alpha value is -2.53. The van der Waals surface area contributed by atoms with Gasteiger partial charge in [0, 0.05) is 42.8 Å². The monoisotopic (exact) mass is 507 g/mol. The minimum Gasteiger partial charge on any atom is -0.481 e. The van der Waals surface area contributed by atoms with Crippen molar-refractivity contribution in [2.75, 3.05) is 24.5 Å². The molecule has 1 aromatic carbocycles. The van der Waals surface area contributed by atoms with Crippen molar-refractivity contribution >= 4 is 23.5 Å². The number of rotatable bonds is 10. The zero-order valence-corrected chi connectivity index (χ0v) is 22.5. The molecule has 10 heteroatoms. The van der Waals surface area contributed by atoms with E-state index >= 15 is 0 Å². The highest BCUT2D eigenvalue weighted by molar-refractivity contribution is 5.96. The molecule has 1 fully saturated rings. The normalized spacial score (nSPS) is 18.4. The van der Waals surface area contributed by atoms with Gasteiger partial charge in [-0.2, -0.15) is 0 Å². The average Bonchev–Trinajstić information content (AvgIpc) is 2.79. The van der Waals surface area contributed by atoms with Crippen LogP contribution >= 0.6 is 0 Å². The smallest absolute Gasteiger partial charge is 0.306 e. The number of anilines is 1. The Morgan fingerprint density at radius 1 is 1.14 bits per heavy atom. The third-order valence-corrected chi connectivity index (χ3v) is 6.64. The summed E-state index contributed by atoms with van der Waals surface area (Å²) < 4.78 is 0. The van der Waals surface area contributed by atoms with Crippen LogP contribution in [0.1, 0.15) is 53.5 Å². The number of carbonyl (C=O) groups is 3. The molecule has 0 bridgehead atoms. The van der Waals surface area contributed by atoms with Crippen LogP contribution in [-0.4, -0.2) is 70.2 Å². The Bertz CT molecular complexity index is 889. The van der Waals surface area contributed by atoms with E-state index in [1.54, 1.807) is 18.7 Å². The van der Waals surface area contributed by atoms with Crippen LogP contribution in [0.15, 0.2) is 24.3 Å². The molecule has 36 heavy (non-hydrogen) atoms. The maximum atomic E-state index is 12.9. The van der Waals surface area contributed by atoms with E-state index in [0.717, 1.165) is 11.3 Å². The summed E-state index contributed by atoms with van der Waals surface area (Å²) in [6.45, 7) is 12.5. The topological polar surface area (TPSA) is 176 Å². The molecule has 10 nitrogen and oxygen atoms in total. The Labute approximate surface area is 214 Å². The van der Waals surface area contributed by atoms with E-state index in [0.29, 0.717) is 19.6 Å². The summed E-state index contributed by atoms with van der Waals surface area (Å²) >= 11 is 0. The number of nitrogens with two attached hydrogens (primary N) is 3. The molecule has 0 aromatic heterocycles. The molecule has 2 amide bonds. The SMILES string of the molecule is CC(C)C(CC(O)C(N)CN1CC(=O)N(c2ccccc2CN)CC1(C)C)C(=O)O.CC(C)C(N)=O. The van der Waals surface area contributed by atoms with Gasteiger partial charge in [-0.05, 0) is 37.8 Å². The van der Waals surface area contributed by atoms with Crippen LogP contribution in [0, 0.1) is 17.8 Å². The first kappa shape index (κ1) is 31.5. The summed E-state index contributed by atoms with van der Waals surface area (Å²) in [4.78, 5) is 38.0. The van der Waals surface area contributed by atoms with Crippen molar-refractivity contribution in [3.05, 3.63) is 29.8 Å². The molecule has 204 valence electrons. The molecule has 8 N–H and O–H groups in total. The van der Waals surface area contributed by atoms with Gasteiger partial charge in [-0.25, -0.2) is 0 Å². The summed E-state index contributed by atoms with van der Waals surface area (Å²) in [6, 6.07) is 6.96. The molecule has 0 radical (unpaired) electrons. The van der Waals surface area contributed by atoms with Gasteiger partial charge in [-0.1, -0.05) is 45.9 Å². The van der Waals surface area contributed by atoms with Gasteiger partial charge in [-0.15, -0.1) is 0 Å². The average molecular weight is 508 g/mol. The molecule has 0 spiro atoms. The second kappa shape index (κ2) is 13.7. The molecule has 0 saturated carbocycles. The van der Waals surface area contributed by atoms with Crippen LogP contribution in [-0.2, 0) is 20.9 Å². The molecule has 3 unspecified atom stereocenters. The van der Waals surface area contributed by atoms with Crippen LogP contribution in [0.4, 0.5) is 5.69 Å². The van der Waals surface area contributed by atoms with E-state index in [1.807, 2.05) is 56.9 Å². The fourth-order valence-corrected chi connectivity index (χ4v) is 3.98. The number of nitrogens with zero attached hydrogens (tertiary/aromatic N) is 2. The number of primary amides is 1. The molecular weight excluding hydrogens is 462 g/mol. The van der Waals surface area contributed by atoms with E-state index < -0.39 is 24.0 Å². The first-order valence-electron chi connectivity index (χ1n) is 12.4. The van der Waals surface area contributed by atoms with E-state index in [1.165, 1.54) is 0 Å². The number of hydrogen-bond donors (Lipinski definition) is 5. The van der Waals surface area contributed by atoms with Crippen LogP contribution in [0.2, 0.25) is 0 Å². The largest absolute Gasteiger partial charge is 0.481 e. The highest BCUT2D eigenvalue weighted by atomic mass is 16.4. The molecule has 3 atom stereocenters. The predicted molar refractivity (Wildman–Crippen MR) is 141 cm³/mol. The number of aliphatic hydroxyl groups is 1. The van der Waals surface area contributed by atoms with Crippen molar-refractivity contribution in [1.82, 2.24) is 4.90 Å². The van der Waals surface area contributed by atoms with Crippen molar-refractivity contribution in [2.45, 2.75) is 72.2 Å². The zero-order valence-electron chi connectivity index (χ0n) is 22.5. The number of piperazine rings is 1.